The fourth-order valence-corrected chi connectivity index (χ4v) is 4.31. The Morgan fingerprint density at radius 3 is 2.81 bits per heavy atom. The molecule has 4 nitrogen and oxygen atoms in total. The maximum Gasteiger partial charge on any atom is 0.307 e. The van der Waals surface area contributed by atoms with E-state index in [2.05, 4.69) is 19.9 Å². The first kappa shape index (κ1) is 14.1. The Morgan fingerprint density at radius 2 is 2.10 bits per heavy atom. The van der Waals surface area contributed by atoms with Crippen LogP contribution in [0.4, 0.5) is 0 Å². The van der Waals surface area contributed by atoms with Crippen LogP contribution >= 0.6 is 11.3 Å². The predicted octanol–water partition coefficient (Wildman–Crippen LogP) is 2.89. The number of benzene rings is 1. The minimum Gasteiger partial charge on any atom is -0.481 e. The van der Waals surface area contributed by atoms with Gasteiger partial charge >= 0.3 is 10.8 Å². The van der Waals surface area contributed by atoms with Crippen LogP contribution in [0.15, 0.2) is 29.1 Å². The molecule has 3 rings (SSSR count). The molecule has 0 spiro atoms. The normalized spacial score (nSPS) is 15.3. The van der Waals surface area contributed by atoms with E-state index in [1.807, 2.05) is 18.2 Å². The van der Waals surface area contributed by atoms with Crippen LogP contribution in [0.1, 0.15) is 30.7 Å². The number of fused-ring (bicyclic) bond motifs is 3. The van der Waals surface area contributed by atoms with Crippen LogP contribution in [0.25, 0.3) is 11.3 Å². The van der Waals surface area contributed by atoms with Gasteiger partial charge in [-0.3, -0.25) is 14.2 Å². The molecule has 0 unspecified atom stereocenters. The van der Waals surface area contributed by atoms with Crippen LogP contribution in [0.2, 0.25) is 0 Å². The molecule has 0 amide bonds. The van der Waals surface area contributed by atoms with Gasteiger partial charge in [-0.25, -0.2) is 0 Å². The van der Waals surface area contributed by atoms with Crippen LogP contribution in [-0.4, -0.2) is 15.6 Å². The number of carboxylic acid groups (broad SMARTS) is 1. The Morgan fingerprint density at radius 1 is 1.38 bits per heavy atom. The molecule has 1 aliphatic carbocycles. The van der Waals surface area contributed by atoms with Gasteiger partial charge in [-0.1, -0.05) is 49.4 Å². The fourth-order valence-electron chi connectivity index (χ4n) is 3.05. The number of nitrogens with zero attached hydrogens (tertiary/aromatic N) is 1. The third-order valence-corrected chi connectivity index (χ3v) is 5.01. The molecule has 1 N–H and O–H groups in total. The lowest BCUT2D eigenvalue weighted by molar-refractivity contribution is -0.137. The van der Waals surface area contributed by atoms with E-state index >= 15 is 0 Å². The van der Waals surface area contributed by atoms with Crippen molar-refractivity contribution in [1.82, 2.24) is 4.57 Å². The van der Waals surface area contributed by atoms with E-state index in [0.717, 1.165) is 22.6 Å². The van der Waals surface area contributed by atoms with E-state index in [9.17, 15) is 9.59 Å². The monoisotopic (exact) mass is 303 g/mol. The molecule has 1 aliphatic rings. The van der Waals surface area contributed by atoms with Gasteiger partial charge in [0.1, 0.15) is 0 Å². The average Bonchev–Trinajstić information content (AvgIpc) is 2.71. The minimum absolute atomic E-state index is 0.00842. The number of hydrogen-bond acceptors (Lipinski definition) is 3. The Kier molecular flexibility index (Phi) is 3.24. The largest absolute Gasteiger partial charge is 0.481 e. The molecule has 0 atom stereocenters. The Bertz CT molecular complexity index is 770. The molecule has 0 saturated carbocycles. The number of aliphatic carboxylic acids is 1. The smallest absolute Gasteiger partial charge is 0.307 e. The Hall–Kier alpha value is -1.88. The number of carbonyl (C=O) groups is 1. The highest BCUT2D eigenvalue weighted by molar-refractivity contribution is 7.09. The number of thiazole rings is 1. The molecule has 0 aliphatic heterocycles. The second-order valence-electron chi connectivity index (χ2n) is 6.04. The number of rotatable bonds is 3. The first-order valence-electron chi connectivity index (χ1n) is 6.94. The maximum atomic E-state index is 12.2. The van der Waals surface area contributed by atoms with Gasteiger partial charge in [-0.05, 0) is 17.4 Å². The lowest BCUT2D eigenvalue weighted by Gasteiger charge is -2.32. The van der Waals surface area contributed by atoms with Gasteiger partial charge in [0.05, 0.1) is 12.1 Å². The fraction of sp³-hybridized carbons (Fsp3) is 0.375. The highest BCUT2D eigenvalue weighted by atomic mass is 32.1. The zero-order valence-corrected chi connectivity index (χ0v) is 12.9. The molecule has 0 saturated heterocycles. The van der Waals surface area contributed by atoms with Crippen LogP contribution in [0, 0.1) is 0 Å². The SMILES string of the molecule is CC1(C)Cc2sc(=O)n(CCC(=O)O)c2-c2ccccc21. The van der Waals surface area contributed by atoms with Crippen LogP contribution in [-0.2, 0) is 23.2 Å². The summed E-state index contributed by atoms with van der Waals surface area (Å²) in [4.78, 5) is 24.0. The number of hydrogen-bond donors (Lipinski definition) is 1. The predicted molar refractivity (Wildman–Crippen MR) is 83.0 cm³/mol. The maximum absolute atomic E-state index is 12.2. The van der Waals surface area contributed by atoms with Crippen molar-refractivity contribution in [3.05, 3.63) is 44.4 Å². The summed E-state index contributed by atoms with van der Waals surface area (Å²) in [6.45, 7) is 4.59. The summed E-state index contributed by atoms with van der Waals surface area (Å²) in [7, 11) is 0. The number of carboxylic acids is 1. The molecule has 0 bridgehead atoms. The zero-order valence-electron chi connectivity index (χ0n) is 12.0. The van der Waals surface area contributed by atoms with Gasteiger partial charge in [0.25, 0.3) is 0 Å². The van der Waals surface area contributed by atoms with Crippen LogP contribution < -0.4 is 4.87 Å². The van der Waals surface area contributed by atoms with E-state index < -0.39 is 5.97 Å². The molecule has 5 heteroatoms. The highest BCUT2D eigenvalue weighted by Crippen LogP contribution is 2.43. The Balaban J connectivity index is 2.18. The standard InChI is InChI=1S/C16H17NO3S/c1-16(2)9-12-14(10-5-3-4-6-11(10)16)17(15(20)21-12)8-7-13(18)19/h3-6H,7-9H2,1-2H3,(H,18,19). The van der Waals surface area contributed by atoms with Crippen molar-refractivity contribution in [2.75, 3.05) is 0 Å². The molecule has 1 heterocycles. The summed E-state index contributed by atoms with van der Waals surface area (Å²) in [5, 5.41) is 8.87. The molecular weight excluding hydrogens is 286 g/mol. The molecule has 1 aromatic heterocycles. The van der Waals surface area contributed by atoms with Crippen molar-refractivity contribution in [1.29, 1.82) is 0 Å². The van der Waals surface area contributed by atoms with Crippen molar-refractivity contribution in [3.63, 3.8) is 0 Å². The lowest BCUT2D eigenvalue weighted by atomic mass is 9.74. The summed E-state index contributed by atoms with van der Waals surface area (Å²) >= 11 is 1.25. The zero-order chi connectivity index (χ0) is 15.2. The molecule has 0 fully saturated rings. The summed E-state index contributed by atoms with van der Waals surface area (Å²) in [6, 6.07) is 8.10. The van der Waals surface area contributed by atoms with Gasteiger partial charge < -0.3 is 5.11 Å². The quantitative estimate of drug-likeness (QED) is 0.948. The second kappa shape index (κ2) is 4.84. The summed E-state index contributed by atoms with van der Waals surface area (Å²) in [6.07, 6.45) is 0.786. The topological polar surface area (TPSA) is 59.3 Å². The molecule has 110 valence electrons. The summed E-state index contributed by atoms with van der Waals surface area (Å²) in [5.74, 6) is -0.883. The van der Waals surface area contributed by atoms with Gasteiger partial charge in [0.15, 0.2) is 0 Å². The van der Waals surface area contributed by atoms with E-state index in [4.69, 9.17) is 5.11 Å². The van der Waals surface area contributed by atoms with Gasteiger partial charge in [0, 0.05) is 17.0 Å². The van der Waals surface area contributed by atoms with Gasteiger partial charge in [-0.15, -0.1) is 0 Å². The van der Waals surface area contributed by atoms with E-state index in [0.29, 0.717) is 0 Å². The lowest BCUT2D eigenvalue weighted by Crippen LogP contribution is -2.26. The van der Waals surface area contributed by atoms with Crippen molar-refractivity contribution in [2.24, 2.45) is 0 Å². The third-order valence-electron chi connectivity index (χ3n) is 4.03. The average molecular weight is 303 g/mol. The minimum atomic E-state index is -0.883. The van der Waals surface area contributed by atoms with Crippen molar-refractivity contribution < 1.29 is 9.90 Å². The van der Waals surface area contributed by atoms with Crippen LogP contribution in [0.5, 0.6) is 0 Å². The van der Waals surface area contributed by atoms with Crippen molar-refractivity contribution in [2.45, 2.75) is 38.6 Å². The third kappa shape index (κ3) is 2.31. The number of aromatic nitrogens is 1. The molecule has 21 heavy (non-hydrogen) atoms. The van der Waals surface area contributed by atoms with Crippen molar-refractivity contribution >= 4 is 17.3 Å². The summed E-state index contributed by atoms with van der Waals surface area (Å²) < 4.78 is 1.63. The first-order chi connectivity index (χ1) is 9.90. The van der Waals surface area contributed by atoms with Crippen LogP contribution in [0.3, 0.4) is 0 Å². The van der Waals surface area contributed by atoms with Gasteiger partial charge in [-0.2, -0.15) is 0 Å². The highest BCUT2D eigenvalue weighted by Gasteiger charge is 2.34. The van der Waals surface area contributed by atoms with Gasteiger partial charge in [0.2, 0.25) is 0 Å². The second-order valence-corrected chi connectivity index (χ2v) is 7.09. The first-order valence-corrected chi connectivity index (χ1v) is 7.76. The van der Waals surface area contributed by atoms with E-state index in [1.165, 1.54) is 16.9 Å². The van der Waals surface area contributed by atoms with E-state index in [1.54, 1.807) is 4.57 Å². The Labute approximate surface area is 126 Å². The molecule has 0 radical (unpaired) electrons. The van der Waals surface area contributed by atoms with E-state index in [-0.39, 0.29) is 23.3 Å². The molecular formula is C16H17NO3S. The molecule has 2 aromatic rings. The molecule has 1 aromatic carbocycles. The summed E-state index contributed by atoms with van der Waals surface area (Å²) in [5.41, 5.74) is 3.19. The van der Waals surface area contributed by atoms with Crippen molar-refractivity contribution in [3.8, 4) is 11.3 Å².